The average Bonchev–Trinajstić information content (AvgIpc) is 2.91. The molecule has 0 aliphatic heterocycles. The van der Waals surface area contributed by atoms with Crippen molar-refractivity contribution in [2.45, 2.75) is 13.5 Å². The van der Waals surface area contributed by atoms with Gasteiger partial charge in [0.1, 0.15) is 11.8 Å². The second kappa shape index (κ2) is 6.18. The van der Waals surface area contributed by atoms with Gasteiger partial charge in [-0.1, -0.05) is 29.8 Å². The van der Waals surface area contributed by atoms with Crippen molar-refractivity contribution in [2.24, 2.45) is 0 Å². The lowest BCUT2D eigenvalue weighted by molar-refractivity contribution is -0.385. The van der Waals surface area contributed by atoms with E-state index in [0.717, 1.165) is 22.3 Å². The average molecular weight is 311 g/mol. The van der Waals surface area contributed by atoms with E-state index in [1.807, 2.05) is 41.8 Å². The van der Waals surface area contributed by atoms with Gasteiger partial charge in [0.15, 0.2) is 0 Å². The number of hydrogen-bond donors (Lipinski definition) is 0. The van der Waals surface area contributed by atoms with Crippen LogP contribution in [0.15, 0.2) is 42.6 Å². The smallest absolute Gasteiger partial charge is 0.288 e. The van der Waals surface area contributed by atoms with Gasteiger partial charge >= 0.3 is 0 Å². The van der Waals surface area contributed by atoms with Crippen molar-refractivity contribution in [1.29, 1.82) is 0 Å². The number of ether oxygens (including phenoxy) is 1. The highest BCUT2D eigenvalue weighted by Gasteiger charge is 2.15. The molecule has 1 aromatic carbocycles. The summed E-state index contributed by atoms with van der Waals surface area (Å²) < 4.78 is 7.21. The summed E-state index contributed by atoms with van der Waals surface area (Å²) in [6, 6.07) is 11.7. The van der Waals surface area contributed by atoms with E-state index in [2.05, 4.69) is 4.98 Å². The van der Waals surface area contributed by atoms with E-state index in [1.54, 1.807) is 13.2 Å². The maximum atomic E-state index is 11.0. The Morgan fingerprint density at radius 3 is 2.65 bits per heavy atom. The van der Waals surface area contributed by atoms with Crippen LogP contribution in [0, 0.1) is 17.0 Å². The lowest BCUT2D eigenvalue weighted by Crippen LogP contribution is -2.06. The second-order valence-electron chi connectivity index (χ2n) is 5.40. The number of benzene rings is 1. The van der Waals surface area contributed by atoms with Gasteiger partial charge in [-0.2, -0.15) is 0 Å². The van der Waals surface area contributed by atoms with Crippen molar-refractivity contribution >= 4 is 16.7 Å². The van der Waals surface area contributed by atoms with Crippen LogP contribution in [-0.2, 0) is 11.3 Å². The molecule has 0 bridgehead atoms. The molecule has 0 saturated heterocycles. The number of nitro groups is 1. The summed E-state index contributed by atoms with van der Waals surface area (Å²) in [7, 11) is 1.65. The Kier molecular flexibility index (Phi) is 4.08. The zero-order valence-corrected chi connectivity index (χ0v) is 13.0. The standard InChI is InChI=1S/C17H17N3O3/c1-12-3-5-13(6-4-12)16-10-14-9-15(20(21)22)11-18-17(14)19(16)7-8-23-2/h3-6,9-11H,7-8H2,1-2H3. The summed E-state index contributed by atoms with van der Waals surface area (Å²) in [5, 5.41) is 11.7. The monoisotopic (exact) mass is 311 g/mol. The molecule has 118 valence electrons. The number of fused-ring (bicyclic) bond motifs is 1. The van der Waals surface area contributed by atoms with Gasteiger partial charge in [-0.15, -0.1) is 0 Å². The minimum atomic E-state index is -0.426. The molecule has 0 unspecified atom stereocenters. The van der Waals surface area contributed by atoms with Crippen LogP contribution in [0.4, 0.5) is 5.69 Å². The number of methoxy groups -OCH3 is 1. The third-order valence-corrected chi connectivity index (χ3v) is 3.80. The first-order valence-corrected chi connectivity index (χ1v) is 7.30. The van der Waals surface area contributed by atoms with Crippen molar-refractivity contribution in [3.8, 4) is 11.3 Å². The third kappa shape index (κ3) is 2.93. The first kappa shape index (κ1) is 15.2. The molecule has 23 heavy (non-hydrogen) atoms. The fourth-order valence-corrected chi connectivity index (χ4v) is 2.61. The molecule has 0 aliphatic carbocycles. The van der Waals surface area contributed by atoms with E-state index in [4.69, 9.17) is 4.74 Å². The Hall–Kier alpha value is -2.73. The van der Waals surface area contributed by atoms with Crippen LogP contribution in [0.5, 0.6) is 0 Å². The van der Waals surface area contributed by atoms with Gasteiger partial charge in [-0.05, 0) is 18.6 Å². The fourth-order valence-electron chi connectivity index (χ4n) is 2.61. The minimum absolute atomic E-state index is 0.00292. The molecule has 0 radical (unpaired) electrons. The number of hydrogen-bond acceptors (Lipinski definition) is 4. The topological polar surface area (TPSA) is 70.2 Å². The van der Waals surface area contributed by atoms with Crippen LogP contribution in [0.25, 0.3) is 22.3 Å². The first-order valence-electron chi connectivity index (χ1n) is 7.30. The van der Waals surface area contributed by atoms with Crippen LogP contribution >= 0.6 is 0 Å². The lowest BCUT2D eigenvalue weighted by Gasteiger charge is -2.10. The zero-order chi connectivity index (χ0) is 16.4. The van der Waals surface area contributed by atoms with Crippen molar-refractivity contribution in [3.63, 3.8) is 0 Å². The van der Waals surface area contributed by atoms with Crippen LogP contribution in [0.3, 0.4) is 0 Å². The first-order chi connectivity index (χ1) is 11.1. The summed E-state index contributed by atoms with van der Waals surface area (Å²) in [5.41, 5.74) is 3.93. The Labute approximate surface area is 133 Å². The molecule has 0 atom stereocenters. The highest BCUT2D eigenvalue weighted by Crippen LogP contribution is 2.29. The van der Waals surface area contributed by atoms with Gasteiger partial charge in [-0.3, -0.25) is 10.1 Å². The van der Waals surface area contributed by atoms with Gasteiger partial charge in [0.25, 0.3) is 5.69 Å². The Bertz CT molecular complexity index is 853. The number of pyridine rings is 1. The zero-order valence-electron chi connectivity index (χ0n) is 13.0. The van der Waals surface area contributed by atoms with Crippen LogP contribution < -0.4 is 0 Å². The molecule has 3 aromatic rings. The number of aromatic nitrogens is 2. The van der Waals surface area contributed by atoms with E-state index < -0.39 is 4.92 Å². The maximum absolute atomic E-state index is 11.0. The molecule has 0 N–H and O–H groups in total. The Balaban J connectivity index is 2.17. The van der Waals surface area contributed by atoms with Crippen LogP contribution in [-0.4, -0.2) is 28.2 Å². The summed E-state index contributed by atoms with van der Waals surface area (Å²) in [4.78, 5) is 14.8. The molecule has 0 spiro atoms. The van der Waals surface area contributed by atoms with Crippen LogP contribution in [0.2, 0.25) is 0 Å². The van der Waals surface area contributed by atoms with Gasteiger partial charge in [-0.25, -0.2) is 4.98 Å². The van der Waals surface area contributed by atoms with E-state index in [9.17, 15) is 10.1 Å². The molecule has 0 fully saturated rings. The number of nitrogens with zero attached hydrogens (tertiary/aromatic N) is 3. The number of rotatable bonds is 5. The number of aryl methyl sites for hydroxylation is 1. The molecular weight excluding hydrogens is 294 g/mol. The molecular formula is C17H17N3O3. The molecule has 0 amide bonds. The molecule has 6 nitrogen and oxygen atoms in total. The maximum Gasteiger partial charge on any atom is 0.288 e. The summed E-state index contributed by atoms with van der Waals surface area (Å²) in [6.45, 7) is 3.21. The predicted molar refractivity (Wildman–Crippen MR) is 88.4 cm³/mol. The summed E-state index contributed by atoms with van der Waals surface area (Å²) >= 11 is 0. The second-order valence-corrected chi connectivity index (χ2v) is 5.40. The Morgan fingerprint density at radius 1 is 1.26 bits per heavy atom. The van der Waals surface area contributed by atoms with Crippen molar-refractivity contribution < 1.29 is 9.66 Å². The van der Waals surface area contributed by atoms with E-state index in [0.29, 0.717) is 13.2 Å². The van der Waals surface area contributed by atoms with Crippen molar-refractivity contribution in [2.75, 3.05) is 13.7 Å². The van der Waals surface area contributed by atoms with Crippen molar-refractivity contribution in [1.82, 2.24) is 9.55 Å². The van der Waals surface area contributed by atoms with Gasteiger partial charge in [0.2, 0.25) is 0 Å². The third-order valence-electron chi connectivity index (χ3n) is 3.80. The highest BCUT2D eigenvalue weighted by atomic mass is 16.6. The quantitative estimate of drug-likeness (QED) is 0.533. The van der Waals surface area contributed by atoms with Gasteiger partial charge in [0, 0.05) is 25.1 Å². The van der Waals surface area contributed by atoms with E-state index in [-0.39, 0.29) is 5.69 Å². The summed E-state index contributed by atoms with van der Waals surface area (Å²) in [6.07, 6.45) is 1.30. The van der Waals surface area contributed by atoms with Crippen LogP contribution in [0.1, 0.15) is 5.56 Å². The van der Waals surface area contributed by atoms with Crippen molar-refractivity contribution in [3.05, 3.63) is 58.3 Å². The highest BCUT2D eigenvalue weighted by molar-refractivity contribution is 5.85. The largest absolute Gasteiger partial charge is 0.383 e. The fraction of sp³-hybridized carbons (Fsp3) is 0.235. The molecule has 6 heteroatoms. The predicted octanol–water partition coefficient (Wildman–Crippen LogP) is 3.57. The molecule has 2 aromatic heterocycles. The van der Waals surface area contributed by atoms with Gasteiger partial charge in [0.05, 0.1) is 17.2 Å². The van der Waals surface area contributed by atoms with Gasteiger partial charge < -0.3 is 9.30 Å². The SMILES string of the molecule is COCCn1c(-c2ccc(C)cc2)cc2cc([N+](=O)[O-])cnc21. The molecule has 3 rings (SSSR count). The molecule has 0 saturated carbocycles. The van der Waals surface area contributed by atoms with E-state index in [1.165, 1.54) is 11.8 Å². The lowest BCUT2D eigenvalue weighted by atomic mass is 10.1. The molecule has 0 aliphatic rings. The molecule has 2 heterocycles. The normalized spacial score (nSPS) is 11.0. The summed E-state index contributed by atoms with van der Waals surface area (Å²) in [5.74, 6) is 0. The Morgan fingerprint density at radius 2 is 2.00 bits per heavy atom. The minimum Gasteiger partial charge on any atom is -0.383 e. The van der Waals surface area contributed by atoms with E-state index >= 15 is 0 Å².